The molecule has 0 fully saturated rings. The van der Waals surface area contributed by atoms with Crippen LogP contribution in [-0.4, -0.2) is 22.2 Å². The smallest absolute Gasteiger partial charge is 0.146 e. The fraction of sp³-hybridized carbons (Fsp3) is 0.545. The van der Waals surface area contributed by atoms with E-state index in [0.29, 0.717) is 13.0 Å². The Morgan fingerprint density at radius 2 is 2.25 bits per heavy atom. The summed E-state index contributed by atoms with van der Waals surface area (Å²) >= 11 is 5.66. The summed E-state index contributed by atoms with van der Waals surface area (Å²) in [4.78, 5) is 3.86. The second-order valence-corrected chi connectivity index (χ2v) is 4.40. The highest BCUT2D eigenvalue weighted by Gasteiger charge is 2.16. The zero-order valence-corrected chi connectivity index (χ0v) is 10.2. The van der Waals surface area contributed by atoms with Gasteiger partial charge in [0.05, 0.1) is 11.3 Å². The first-order valence-electron chi connectivity index (χ1n) is 5.18. The molecule has 16 heavy (non-hydrogen) atoms. The zero-order chi connectivity index (χ0) is 12.2. The average Bonchev–Trinajstić information content (AvgIpc) is 2.23. The first kappa shape index (κ1) is 13.4. The molecule has 3 nitrogen and oxygen atoms in total. The lowest BCUT2D eigenvalue weighted by Gasteiger charge is -2.21. The van der Waals surface area contributed by atoms with Crippen LogP contribution in [0.1, 0.15) is 26.0 Å². The van der Waals surface area contributed by atoms with Crippen molar-refractivity contribution in [3.05, 3.63) is 28.8 Å². The number of nitrogens with zero attached hydrogens (tertiary/aromatic N) is 1. The van der Waals surface area contributed by atoms with E-state index in [-0.39, 0.29) is 17.4 Å². The number of rotatable bonds is 5. The maximum absolute atomic E-state index is 13.2. The highest BCUT2D eigenvalue weighted by Crippen LogP contribution is 2.11. The lowest BCUT2D eigenvalue weighted by atomic mass is 10.0. The van der Waals surface area contributed by atoms with Gasteiger partial charge in [-0.3, -0.25) is 0 Å². The summed E-state index contributed by atoms with van der Waals surface area (Å²) in [6, 6.07) is 2.69. The molecule has 0 aliphatic rings. The average molecular weight is 247 g/mol. The van der Waals surface area contributed by atoms with Gasteiger partial charge in [-0.25, -0.2) is 9.37 Å². The van der Waals surface area contributed by atoms with Crippen molar-refractivity contribution in [2.24, 2.45) is 0 Å². The van der Waals surface area contributed by atoms with Gasteiger partial charge < -0.3 is 10.4 Å². The summed E-state index contributed by atoms with van der Waals surface area (Å²) in [5.74, 6) is -0.395. The maximum Gasteiger partial charge on any atom is 0.146 e. The van der Waals surface area contributed by atoms with Crippen molar-refractivity contribution >= 4 is 11.6 Å². The minimum atomic E-state index is -0.783. The fourth-order valence-corrected chi connectivity index (χ4v) is 1.32. The van der Waals surface area contributed by atoms with E-state index in [2.05, 4.69) is 10.3 Å². The molecule has 0 amide bonds. The summed E-state index contributed by atoms with van der Waals surface area (Å²) in [5, 5.41) is 12.9. The van der Waals surface area contributed by atoms with E-state index in [1.807, 2.05) is 6.92 Å². The van der Waals surface area contributed by atoms with Gasteiger partial charge in [0, 0.05) is 13.1 Å². The van der Waals surface area contributed by atoms with Crippen molar-refractivity contribution in [1.29, 1.82) is 0 Å². The van der Waals surface area contributed by atoms with Crippen molar-refractivity contribution in [3.8, 4) is 0 Å². The summed E-state index contributed by atoms with van der Waals surface area (Å²) < 4.78 is 13.2. The Labute approximate surface area is 99.7 Å². The molecule has 1 unspecified atom stereocenters. The maximum atomic E-state index is 13.2. The highest BCUT2D eigenvalue weighted by molar-refractivity contribution is 6.29. The number of aliphatic hydroxyl groups is 1. The summed E-state index contributed by atoms with van der Waals surface area (Å²) in [6.45, 7) is 4.25. The van der Waals surface area contributed by atoms with Crippen molar-refractivity contribution in [3.63, 3.8) is 0 Å². The Balaban J connectivity index is 2.52. The lowest BCUT2D eigenvalue weighted by Crippen LogP contribution is -2.37. The SMILES string of the molecule is CCC(C)(O)CNCc1nc(Cl)ccc1F. The van der Waals surface area contributed by atoms with Crippen molar-refractivity contribution in [2.75, 3.05) is 6.54 Å². The standard InChI is InChI=1S/C11H16ClFN2O/c1-3-11(2,16)7-14-6-9-8(13)4-5-10(12)15-9/h4-5,14,16H,3,6-7H2,1-2H3. The van der Waals surface area contributed by atoms with E-state index in [1.54, 1.807) is 6.92 Å². The second-order valence-electron chi connectivity index (χ2n) is 4.02. The van der Waals surface area contributed by atoms with E-state index in [9.17, 15) is 9.50 Å². The minimum absolute atomic E-state index is 0.253. The molecule has 1 rings (SSSR count). The van der Waals surface area contributed by atoms with Gasteiger partial charge in [-0.05, 0) is 25.5 Å². The van der Waals surface area contributed by atoms with Gasteiger partial charge in [-0.15, -0.1) is 0 Å². The van der Waals surface area contributed by atoms with E-state index in [1.165, 1.54) is 12.1 Å². The predicted octanol–water partition coefficient (Wildman–Crippen LogP) is 2.12. The molecule has 0 aliphatic carbocycles. The van der Waals surface area contributed by atoms with E-state index >= 15 is 0 Å². The summed E-state index contributed by atoms with van der Waals surface area (Å²) in [6.07, 6.45) is 0.630. The normalized spacial score (nSPS) is 14.8. The molecular weight excluding hydrogens is 231 g/mol. The number of halogens is 2. The van der Waals surface area contributed by atoms with Crippen LogP contribution >= 0.6 is 11.6 Å². The quantitative estimate of drug-likeness (QED) is 0.783. The molecule has 1 heterocycles. The third-order valence-electron chi connectivity index (χ3n) is 2.44. The summed E-state index contributed by atoms with van der Waals surface area (Å²) in [5.41, 5.74) is -0.519. The first-order valence-corrected chi connectivity index (χ1v) is 5.56. The zero-order valence-electron chi connectivity index (χ0n) is 9.43. The molecule has 1 aromatic heterocycles. The van der Waals surface area contributed by atoms with Crippen molar-refractivity contribution < 1.29 is 9.50 Å². The Kier molecular flexibility index (Phi) is 4.65. The van der Waals surface area contributed by atoms with Gasteiger partial charge in [0.15, 0.2) is 0 Å². The van der Waals surface area contributed by atoms with Crippen LogP contribution in [0.15, 0.2) is 12.1 Å². The number of aromatic nitrogens is 1. The fourth-order valence-electron chi connectivity index (χ4n) is 1.16. The number of hydrogen-bond donors (Lipinski definition) is 2. The van der Waals surface area contributed by atoms with Crippen LogP contribution in [0.2, 0.25) is 5.15 Å². The van der Waals surface area contributed by atoms with Gasteiger partial charge in [0.2, 0.25) is 0 Å². The largest absolute Gasteiger partial charge is 0.389 e. The molecule has 0 saturated carbocycles. The lowest BCUT2D eigenvalue weighted by molar-refractivity contribution is 0.0554. The van der Waals surface area contributed by atoms with Crippen LogP contribution in [-0.2, 0) is 6.54 Å². The van der Waals surface area contributed by atoms with Crippen LogP contribution < -0.4 is 5.32 Å². The molecular formula is C11H16ClFN2O. The Morgan fingerprint density at radius 1 is 1.56 bits per heavy atom. The minimum Gasteiger partial charge on any atom is -0.389 e. The molecule has 0 bridgehead atoms. The van der Waals surface area contributed by atoms with Crippen LogP contribution in [0.5, 0.6) is 0 Å². The monoisotopic (exact) mass is 246 g/mol. The van der Waals surface area contributed by atoms with Crippen LogP contribution in [0, 0.1) is 5.82 Å². The Hall–Kier alpha value is -0.710. The molecule has 0 aromatic carbocycles. The molecule has 0 radical (unpaired) electrons. The van der Waals surface area contributed by atoms with Gasteiger partial charge >= 0.3 is 0 Å². The predicted molar refractivity (Wildman–Crippen MR) is 61.8 cm³/mol. The third kappa shape index (κ3) is 4.04. The van der Waals surface area contributed by atoms with Gasteiger partial charge in [-0.2, -0.15) is 0 Å². The van der Waals surface area contributed by atoms with Gasteiger partial charge in [0.1, 0.15) is 11.0 Å². The molecule has 90 valence electrons. The molecule has 1 atom stereocenters. The van der Waals surface area contributed by atoms with Crippen molar-refractivity contribution in [2.45, 2.75) is 32.4 Å². The number of nitrogens with one attached hydrogen (secondary N) is 1. The highest BCUT2D eigenvalue weighted by atomic mass is 35.5. The van der Waals surface area contributed by atoms with E-state index in [4.69, 9.17) is 11.6 Å². The van der Waals surface area contributed by atoms with Gasteiger partial charge in [-0.1, -0.05) is 18.5 Å². The molecule has 0 spiro atoms. The van der Waals surface area contributed by atoms with Crippen molar-refractivity contribution in [1.82, 2.24) is 10.3 Å². The first-order chi connectivity index (χ1) is 7.44. The topological polar surface area (TPSA) is 45.1 Å². The van der Waals surface area contributed by atoms with Crippen LogP contribution in [0.4, 0.5) is 4.39 Å². The van der Waals surface area contributed by atoms with E-state index < -0.39 is 11.4 Å². The van der Waals surface area contributed by atoms with Crippen LogP contribution in [0.3, 0.4) is 0 Å². The molecule has 2 N–H and O–H groups in total. The molecule has 5 heteroatoms. The molecule has 0 aliphatic heterocycles. The van der Waals surface area contributed by atoms with Gasteiger partial charge in [0.25, 0.3) is 0 Å². The summed E-state index contributed by atoms with van der Waals surface area (Å²) in [7, 11) is 0. The molecule has 1 aromatic rings. The second kappa shape index (κ2) is 5.57. The van der Waals surface area contributed by atoms with E-state index in [0.717, 1.165) is 0 Å². The number of pyridine rings is 1. The van der Waals surface area contributed by atoms with Crippen LogP contribution in [0.25, 0.3) is 0 Å². The third-order valence-corrected chi connectivity index (χ3v) is 2.66. The number of hydrogen-bond acceptors (Lipinski definition) is 3. The Morgan fingerprint density at radius 3 is 2.88 bits per heavy atom. The molecule has 0 saturated heterocycles. The Bertz CT molecular complexity index is 358.